The van der Waals surface area contributed by atoms with Gasteiger partial charge in [0.2, 0.25) is 0 Å². The average molecular weight is 335 g/mol. The van der Waals surface area contributed by atoms with Gasteiger partial charge in [-0.25, -0.2) is 0 Å². The molecule has 1 atom stereocenters. The molecule has 1 N–H and O–H groups in total. The molecule has 1 unspecified atom stereocenters. The standard InChI is InChI=1S/C20H25N5/c1-20(2,3)18(22-19-9-8-17(12-21)23-24-19)14-25-11-10-15-6-4-5-7-16(15)13-25/h4-9,18H,10-11,13-14H2,1-3H3,(H,22,24). The molecule has 2 aromatic rings. The Morgan fingerprint density at radius 1 is 1.16 bits per heavy atom. The van der Waals surface area contributed by atoms with E-state index in [1.54, 1.807) is 6.07 Å². The summed E-state index contributed by atoms with van der Waals surface area (Å²) in [6.07, 6.45) is 1.10. The smallest absolute Gasteiger partial charge is 0.163 e. The molecular formula is C20H25N5. The van der Waals surface area contributed by atoms with Crippen LogP contribution < -0.4 is 5.32 Å². The first-order valence-electron chi connectivity index (χ1n) is 8.75. The second-order valence-corrected chi connectivity index (χ2v) is 7.73. The Kier molecular flexibility index (Phi) is 5.00. The van der Waals surface area contributed by atoms with Crippen molar-refractivity contribution in [2.24, 2.45) is 5.41 Å². The van der Waals surface area contributed by atoms with Gasteiger partial charge in [0.25, 0.3) is 0 Å². The number of hydrogen-bond donors (Lipinski definition) is 1. The summed E-state index contributed by atoms with van der Waals surface area (Å²) in [6.45, 7) is 9.71. The molecule has 1 aromatic heterocycles. The first kappa shape index (κ1) is 17.4. The van der Waals surface area contributed by atoms with Crippen LogP contribution in [0.2, 0.25) is 0 Å². The highest BCUT2D eigenvalue weighted by molar-refractivity contribution is 5.37. The molecule has 5 heteroatoms. The van der Waals surface area contributed by atoms with Crippen molar-refractivity contribution in [2.75, 3.05) is 18.4 Å². The van der Waals surface area contributed by atoms with E-state index in [4.69, 9.17) is 5.26 Å². The van der Waals surface area contributed by atoms with E-state index < -0.39 is 0 Å². The lowest BCUT2D eigenvalue weighted by Gasteiger charge is -2.38. The van der Waals surface area contributed by atoms with Crippen LogP contribution in [0.1, 0.15) is 37.6 Å². The number of rotatable bonds is 4. The molecule has 0 amide bonds. The van der Waals surface area contributed by atoms with Gasteiger partial charge in [-0.05, 0) is 35.1 Å². The Morgan fingerprint density at radius 2 is 1.92 bits per heavy atom. The highest BCUT2D eigenvalue weighted by Gasteiger charge is 2.28. The van der Waals surface area contributed by atoms with Crippen molar-refractivity contribution in [3.63, 3.8) is 0 Å². The number of nitrogens with one attached hydrogen (secondary N) is 1. The fourth-order valence-corrected chi connectivity index (χ4v) is 3.15. The van der Waals surface area contributed by atoms with Crippen LogP contribution in [0.4, 0.5) is 5.82 Å². The van der Waals surface area contributed by atoms with E-state index in [0.717, 1.165) is 31.9 Å². The van der Waals surface area contributed by atoms with Crippen LogP contribution in [0.25, 0.3) is 0 Å². The Hall–Kier alpha value is -2.45. The van der Waals surface area contributed by atoms with Gasteiger partial charge >= 0.3 is 0 Å². The Bertz CT molecular complexity index is 755. The molecule has 0 fully saturated rings. The quantitative estimate of drug-likeness (QED) is 0.929. The number of hydrogen-bond acceptors (Lipinski definition) is 5. The second kappa shape index (κ2) is 7.20. The molecule has 5 nitrogen and oxygen atoms in total. The molecule has 0 bridgehead atoms. The highest BCUT2D eigenvalue weighted by Crippen LogP contribution is 2.26. The SMILES string of the molecule is CC(C)(C)C(CN1CCc2ccccc2C1)Nc1ccc(C#N)nn1. The molecule has 3 rings (SSSR count). The van der Waals surface area contributed by atoms with Crippen LogP contribution in [-0.2, 0) is 13.0 Å². The molecule has 0 saturated heterocycles. The number of aromatic nitrogens is 2. The van der Waals surface area contributed by atoms with Gasteiger partial charge in [-0.3, -0.25) is 4.90 Å². The number of anilines is 1. The zero-order chi connectivity index (χ0) is 17.9. The number of nitrogens with zero attached hydrogens (tertiary/aromatic N) is 4. The third kappa shape index (κ3) is 4.34. The van der Waals surface area contributed by atoms with Gasteiger partial charge in [0.05, 0.1) is 0 Å². The van der Waals surface area contributed by atoms with E-state index in [9.17, 15) is 0 Å². The maximum Gasteiger partial charge on any atom is 0.163 e. The van der Waals surface area contributed by atoms with Gasteiger partial charge in [0.15, 0.2) is 5.69 Å². The minimum atomic E-state index is 0.0759. The van der Waals surface area contributed by atoms with E-state index >= 15 is 0 Å². The predicted octanol–water partition coefficient (Wildman–Crippen LogP) is 3.23. The predicted molar refractivity (Wildman–Crippen MR) is 99.0 cm³/mol. The summed E-state index contributed by atoms with van der Waals surface area (Å²) in [7, 11) is 0. The zero-order valence-electron chi connectivity index (χ0n) is 15.2. The summed E-state index contributed by atoms with van der Waals surface area (Å²) in [6, 6.07) is 14.5. The van der Waals surface area contributed by atoms with Crippen molar-refractivity contribution < 1.29 is 0 Å². The molecule has 1 aliphatic heterocycles. The number of benzene rings is 1. The van der Waals surface area contributed by atoms with Gasteiger partial charge in [-0.1, -0.05) is 45.0 Å². The summed E-state index contributed by atoms with van der Waals surface area (Å²) in [5, 5.41) is 20.4. The summed E-state index contributed by atoms with van der Waals surface area (Å²) in [5.74, 6) is 0.719. The first-order valence-corrected chi connectivity index (χ1v) is 8.75. The van der Waals surface area contributed by atoms with Crippen molar-refractivity contribution in [1.29, 1.82) is 5.26 Å². The van der Waals surface area contributed by atoms with E-state index in [-0.39, 0.29) is 11.5 Å². The van der Waals surface area contributed by atoms with Crippen LogP contribution in [0.15, 0.2) is 36.4 Å². The van der Waals surface area contributed by atoms with Gasteiger partial charge in [0, 0.05) is 25.7 Å². The van der Waals surface area contributed by atoms with Crippen LogP contribution in [0.5, 0.6) is 0 Å². The molecule has 1 aliphatic rings. The van der Waals surface area contributed by atoms with Gasteiger partial charge in [0.1, 0.15) is 11.9 Å². The summed E-state index contributed by atoms with van der Waals surface area (Å²) >= 11 is 0. The van der Waals surface area contributed by atoms with Crippen molar-refractivity contribution in [3.05, 3.63) is 53.2 Å². The fraction of sp³-hybridized carbons (Fsp3) is 0.450. The van der Waals surface area contributed by atoms with Gasteiger partial charge < -0.3 is 5.32 Å². The van der Waals surface area contributed by atoms with Crippen LogP contribution in [-0.4, -0.2) is 34.2 Å². The fourth-order valence-electron chi connectivity index (χ4n) is 3.15. The molecule has 25 heavy (non-hydrogen) atoms. The van der Waals surface area contributed by atoms with Crippen molar-refractivity contribution >= 4 is 5.82 Å². The summed E-state index contributed by atoms with van der Waals surface area (Å²) in [4.78, 5) is 2.50. The Morgan fingerprint density at radius 3 is 2.56 bits per heavy atom. The average Bonchev–Trinajstić information content (AvgIpc) is 2.61. The summed E-state index contributed by atoms with van der Waals surface area (Å²) < 4.78 is 0. The molecule has 0 aliphatic carbocycles. The third-order valence-electron chi connectivity index (χ3n) is 4.80. The largest absolute Gasteiger partial charge is 0.364 e. The van der Waals surface area contributed by atoms with Gasteiger partial charge in [-0.2, -0.15) is 5.26 Å². The topological polar surface area (TPSA) is 64.8 Å². The molecule has 0 saturated carbocycles. The summed E-state index contributed by atoms with van der Waals surface area (Å²) in [5.41, 5.74) is 3.31. The van der Waals surface area contributed by atoms with Crippen LogP contribution >= 0.6 is 0 Å². The minimum absolute atomic E-state index is 0.0759. The Labute approximate surface area is 149 Å². The first-order chi connectivity index (χ1) is 12.0. The molecule has 1 aromatic carbocycles. The van der Waals surface area contributed by atoms with E-state index in [0.29, 0.717) is 5.69 Å². The maximum atomic E-state index is 8.86. The molecular weight excluding hydrogens is 310 g/mol. The number of nitriles is 1. The highest BCUT2D eigenvalue weighted by atomic mass is 15.2. The maximum absolute atomic E-state index is 8.86. The van der Waals surface area contributed by atoms with Crippen molar-refractivity contribution in [1.82, 2.24) is 15.1 Å². The molecule has 0 spiro atoms. The zero-order valence-corrected chi connectivity index (χ0v) is 15.2. The second-order valence-electron chi connectivity index (χ2n) is 7.73. The lowest BCUT2D eigenvalue weighted by molar-refractivity contribution is 0.196. The van der Waals surface area contributed by atoms with Crippen molar-refractivity contribution in [2.45, 2.75) is 39.8 Å². The molecule has 130 valence electrons. The number of fused-ring (bicyclic) bond motifs is 1. The lowest BCUT2D eigenvalue weighted by Crippen LogP contribution is -2.46. The van der Waals surface area contributed by atoms with Crippen LogP contribution in [0.3, 0.4) is 0 Å². The molecule has 0 radical (unpaired) electrons. The monoisotopic (exact) mass is 335 g/mol. The van der Waals surface area contributed by atoms with E-state index in [2.05, 4.69) is 65.5 Å². The normalized spacial score (nSPS) is 15.9. The lowest BCUT2D eigenvalue weighted by atomic mass is 9.85. The van der Waals surface area contributed by atoms with E-state index in [1.165, 1.54) is 11.1 Å². The Balaban J connectivity index is 1.70. The van der Waals surface area contributed by atoms with Crippen molar-refractivity contribution in [3.8, 4) is 6.07 Å². The van der Waals surface area contributed by atoms with Crippen LogP contribution in [0, 0.1) is 16.7 Å². The van der Waals surface area contributed by atoms with Gasteiger partial charge in [-0.15, -0.1) is 10.2 Å². The third-order valence-corrected chi connectivity index (χ3v) is 4.80. The van der Waals surface area contributed by atoms with E-state index in [1.807, 2.05) is 12.1 Å². The molecule has 2 heterocycles. The minimum Gasteiger partial charge on any atom is -0.364 e.